The number of alkyl halides is 1. The van der Waals surface area contributed by atoms with Gasteiger partial charge in [-0.2, -0.15) is 0 Å². The topological polar surface area (TPSA) is 262 Å². The van der Waals surface area contributed by atoms with Gasteiger partial charge < -0.3 is 70.8 Å². The average Bonchev–Trinajstić information content (AvgIpc) is 1.26. The fraction of sp³-hybridized carbons (Fsp3) is 0.310. The summed E-state index contributed by atoms with van der Waals surface area (Å²) in [7, 11) is 1.53. The van der Waals surface area contributed by atoms with Crippen LogP contribution in [0.4, 0.5) is 0 Å². The van der Waals surface area contributed by atoms with E-state index in [-0.39, 0.29) is 13.2 Å². The number of ether oxygens (including phenoxy) is 10. The largest absolute Gasteiger partial charge is 0.508 e. The van der Waals surface area contributed by atoms with Crippen molar-refractivity contribution in [3.63, 3.8) is 0 Å². The maximum Gasteiger partial charge on any atom is 0.349 e. The molecule has 22 heteroatoms. The number of halogens is 1. The van der Waals surface area contributed by atoms with Crippen LogP contribution in [0.25, 0.3) is 34.4 Å². The van der Waals surface area contributed by atoms with Gasteiger partial charge in [-0.25, -0.2) is 29.3 Å². The molecule has 0 aliphatic heterocycles. The van der Waals surface area contributed by atoms with Gasteiger partial charge >= 0.3 is 17.9 Å². The van der Waals surface area contributed by atoms with Crippen LogP contribution in [-0.4, -0.2) is 100 Å². The number of nitrogens with zero attached hydrogens (tertiary/aromatic N) is 3. The summed E-state index contributed by atoms with van der Waals surface area (Å²) >= 11 is 3.48. The summed E-state index contributed by atoms with van der Waals surface area (Å²) in [5.74, 6) is 7.14. The molecule has 574 valence electrons. The molecule has 11 aromatic rings. The normalized spacial score (nSPS) is 11.1. The van der Waals surface area contributed by atoms with Gasteiger partial charge in [0.25, 0.3) is 0 Å². The van der Waals surface area contributed by atoms with Gasteiger partial charge in [0.15, 0.2) is 28.3 Å². The Hall–Kier alpha value is -11.5. The van der Waals surface area contributed by atoms with Crippen molar-refractivity contribution in [1.82, 2.24) is 15.0 Å². The second kappa shape index (κ2) is 39.9. The molecule has 3 aromatic heterocycles. The molecule has 0 bridgehead atoms. The summed E-state index contributed by atoms with van der Waals surface area (Å²) in [5.41, 5.74) is 5.47. The number of hydrogen-bond donors (Lipinski definition) is 2. The van der Waals surface area contributed by atoms with Crippen molar-refractivity contribution >= 4 is 33.8 Å². The molecule has 8 aromatic carbocycles. The summed E-state index contributed by atoms with van der Waals surface area (Å²) in [5, 5.41) is 18.9. The monoisotopic (exact) mass is 1550 g/mol. The Morgan fingerprint density at radius 3 is 1.18 bits per heavy atom. The van der Waals surface area contributed by atoms with Crippen molar-refractivity contribution in [2.45, 2.75) is 138 Å². The third-order valence-corrected chi connectivity index (χ3v) is 17.0. The van der Waals surface area contributed by atoms with E-state index in [2.05, 4.69) is 30.9 Å². The fourth-order valence-corrected chi connectivity index (χ4v) is 10.9. The lowest BCUT2D eigenvalue weighted by Crippen LogP contribution is -2.40. The van der Waals surface area contributed by atoms with Crippen LogP contribution in [0, 0.1) is 34.6 Å². The Bertz CT molecular complexity index is 4540. The van der Waals surface area contributed by atoms with Crippen LogP contribution in [0.1, 0.15) is 112 Å². The number of oxazole rings is 3. The van der Waals surface area contributed by atoms with E-state index in [1.165, 1.54) is 21.0 Å². The van der Waals surface area contributed by atoms with E-state index in [4.69, 9.17) is 65.7 Å². The van der Waals surface area contributed by atoms with E-state index in [9.17, 15) is 19.5 Å². The number of methoxy groups -OCH3 is 1. The quantitative estimate of drug-likeness (QED) is 0.0302. The molecule has 0 aliphatic rings. The first-order valence-electron chi connectivity index (χ1n) is 35.7. The van der Waals surface area contributed by atoms with Gasteiger partial charge in [0.05, 0.1) is 57.2 Å². The lowest BCUT2D eigenvalue weighted by Gasteiger charge is -2.25. The highest BCUT2D eigenvalue weighted by molar-refractivity contribution is 9.08. The average molecular weight is 1550 g/mol. The number of aromatic hydroxyl groups is 1. The van der Waals surface area contributed by atoms with Crippen molar-refractivity contribution in [1.29, 1.82) is 0 Å². The number of carboxylic acid groups (broad SMARTS) is 1. The smallest absolute Gasteiger partial charge is 0.349 e. The predicted molar refractivity (Wildman–Crippen MR) is 420 cm³/mol. The molecular weight excluding hydrogens is 1450 g/mol. The third kappa shape index (κ3) is 25.0. The number of esters is 2. The van der Waals surface area contributed by atoms with Crippen LogP contribution in [-0.2, 0) is 55.1 Å². The molecule has 0 spiro atoms. The lowest BCUT2D eigenvalue weighted by atomic mass is 10.1. The van der Waals surface area contributed by atoms with Crippen LogP contribution in [0.2, 0.25) is 0 Å². The zero-order chi connectivity index (χ0) is 78.7. The number of rotatable bonds is 31. The van der Waals surface area contributed by atoms with Crippen molar-refractivity contribution in [3.05, 3.63) is 251 Å². The maximum atomic E-state index is 12.1. The first kappa shape index (κ1) is 83.1. The summed E-state index contributed by atoms with van der Waals surface area (Å²) in [6.07, 6.45) is 1.79. The third-order valence-electron chi connectivity index (χ3n) is 16.4. The van der Waals surface area contributed by atoms with Gasteiger partial charge in [-0.05, 0) is 210 Å². The Morgan fingerprint density at radius 2 is 0.798 bits per heavy atom. The van der Waals surface area contributed by atoms with Crippen LogP contribution < -0.4 is 37.9 Å². The molecule has 21 nitrogen and oxygen atoms in total. The van der Waals surface area contributed by atoms with Gasteiger partial charge in [0.2, 0.25) is 17.7 Å². The number of aromatic nitrogens is 3. The zero-order valence-electron chi connectivity index (χ0n) is 64.2. The number of benzene rings is 8. The van der Waals surface area contributed by atoms with Crippen molar-refractivity contribution in [3.8, 4) is 86.1 Å². The number of hydrogen-bond acceptors (Lipinski definition) is 20. The first-order valence-corrected chi connectivity index (χ1v) is 36.8. The van der Waals surface area contributed by atoms with Gasteiger partial charge in [-0.1, -0.05) is 94.8 Å². The Balaban J connectivity index is 0.000000196. The van der Waals surface area contributed by atoms with Crippen molar-refractivity contribution in [2.75, 3.05) is 40.1 Å². The molecule has 0 aliphatic carbocycles. The molecule has 0 radical (unpaired) electrons. The second-order valence-corrected chi connectivity index (χ2v) is 27.0. The Kier molecular flexibility index (Phi) is 30.4. The lowest BCUT2D eigenvalue weighted by molar-refractivity contribution is -0.159. The van der Waals surface area contributed by atoms with Gasteiger partial charge in [0.1, 0.15) is 64.1 Å². The van der Waals surface area contributed by atoms with Crippen LogP contribution in [0.3, 0.4) is 0 Å². The van der Waals surface area contributed by atoms with Gasteiger partial charge in [-0.3, -0.25) is 0 Å². The fourth-order valence-electron chi connectivity index (χ4n) is 10.5. The molecule has 0 amide bonds. The first-order chi connectivity index (χ1) is 52.2. The Morgan fingerprint density at radius 1 is 0.422 bits per heavy atom. The minimum Gasteiger partial charge on any atom is -0.508 e. The van der Waals surface area contributed by atoms with Crippen LogP contribution in [0.5, 0.6) is 51.7 Å². The van der Waals surface area contributed by atoms with Gasteiger partial charge in [0, 0.05) is 58.5 Å². The van der Waals surface area contributed by atoms with E-state index >= 15 is 0 Å². The number of phenolic OH excluding ortho intramolecular Hbond substituents is 1. The molecule has 2 N–H and O–H groups in total. The predicted octanol–water partition coefficient (Wildman–Crippen LogP) is 19.0. The molecule has 0 atom stereocenters. The minimum absolute atomic E-state index is 0.189. The molecule has 0 fully saturated rings. The van der Waals surface area contributed by atoms with Crippen LogP contribution in [0.15, 0.2) is 207 Å². The summed E-state index contributed by atoms with van der Waals surface area (Å²) in [4.78, 5) is 49.7. The van der Waals surface area contributed by atoms with E-state index in [0.717, 1.165) is 67.7 Å². The number of carbonyl (C=O) groups excluding carboxylic acids is 2. The molecule has 0 saturated carbocycles. The van der Waals surface area contributed by atoms with E-state index in [1.54, 1.807) is 84.0 Å². The Labute approximate surface area is 645 Å². The standard InChI is InChI=1S/C30H31NO6.C25H28BrNO5.C25H29NO6.C7H8O/c1-20-9-8-12-24(17-20)35-19-23-18-25(13-14-27(23)37-30(3,4)29(32)33)34-16-15-26-21(2)36-28(31-26)22-10-6-5-7-11-22;1-5-29-24(28)25(3,4)32-22-12-11-20(15-19(22)16-26)30-14-13-21-17(2)31-23(27-21)18-9-7-6-8-10-18;1-6-29-24(27)25(3,4)32-21-13-12-19(16-22(21)28-5)30-15-14-20-17(2)31-23(26-20)18-10-8-7-9-11-18;1-6-3-2-4-7(8)5-6/h5-14,17-18H,15-16,19H2,1-4H3,(H,32,33);6-12,15H,5,13-14,16H2,1-4H3;7-13,16H,6,14-15H2,1-5H3;2-5,8H,1H3. The van der Waals surface area contributed by atoms with Gasteiger partial charge in [-0.15, -0.1) is 0 Å². The molecule has 0 unspecified atom stereocenters. The zero-order valence-corrected chi connectivity index (χ0v) is 65.8. The summed E-state index contributed by atoms with van der Waals surface area (Å²) < 4.78 is 74.5. The second-order valence-electron chi connectivity index (χ2n) is 26.5. The van der Waals surface area contributed by atoms with Crippen molar-refractivity contribution < 1.29 is 85.2 Å². The number of aryl methyl sites for hydroxylation is 5. The van der Waals surface area contributed by atoms with E-state index < -0.39 is 34.7 Å². The molecule has 109 heavy (non-hydrogen) atoms. The number of phenols is 1. The molecule has 11 rings (SSSR count). The van der Waals surface area contributed by atoms with E-state index in [0.29, 0.717) is 126 Å². The minimum atomic E-state index is -1.40. The number of carboxylic acids is 1. The van der Waals surface area contributed by atoms with Crippen LogP contribution >= 0.6 is 15.9 Å². The molecule has 0 saturated heterocycles. The number of carbonyl (C=O) groups is 3. The highest BCUT2D eigenvalue weighted by Crippen LogP contribution is 2.36. The van der Waals surface area contributed by atoms with E-state index in [1.807, 2.05) is 186 Å². The highest BCUT2D eigenvalue weighted by atomic mass is 79.9. The molecular formula is C87H96BrN3O18. The summed E-state index contributed by atoms with van der Waals surface area (Å²) in [6, 6.07) is 60.3. The maximum absolute atomic E-state index is 12.1. The SMILES string of the molecule is CCOC(=O)C(C)(C)Oc1ccc(OCCc2nc(-c3ccccc3)oc2C)cc1CBr.CCOC(=O)C(C)(C)Oc1ccc(OCCc2nc(-c3ccccc3)oc2C)cc1OC.Cc1cccc(O)c1.Cc1cccc(OCc2cc(OCCc3nc(-c4ccccc4)oc3C)ccc2OC(C)(C)C(=O)O)c1. The highest BCUT2D eigenvalue weighted by Gasteiger charge is 2.35. The van der Waals surface area contributed by atoms with Crippen molar-refractivity contribution in [2.24, 2.45) is 0 Å². The summed E-state index contributed by atoms with van der Waals surface area (Å²) in [6.45, 7) is 24.9. The number of aliphatic carboxylic acids is 1. The molecule has 3 heterocycles.